The van der Waals surface area contributed by atoms with E-state index in [4.69, 9.17) is 9.47 Å². The van der Waals surface area contributed by atoms with E-state index in [0.717, 1.165) is 5.56 Å². The maximum absolute atomic E-state index is 12.9. The zero-order chi connectivity index (χ0) is 23.9. The first-order chi connectivity index (χ1) is 15.0. The van der Waals surface area contributed by atoms with Gasteiger partial charge in [-0.1, -0.05) is 12.1 Å². The molecule has 1 aromatic rings. The SMILES string of the molecule is COC(=O)C(Cc1ccc(O)cc1)NC(=O)[C@@H]1CCCN1C(=O)CNC(=O)OC(C)(C)C. The van der Waals surface area contributed by atoms with Gasteiger partial charge in [0, 0.05) is 13.0 Å². The Labute approximate surface area is 187 Å². The summed E-state index contributed by atoms with van der Waals surface area (Å²) in [6.45, 7) is 5.21. The minimum atomic E-state index is -0.950. The van der Waals surface area contributed by atoms with Crippen LogP contribution in [0, 0.1) is 0 Å². The van der Waals surface area contributed by atoms with Crippen molar-refractivity contribution in [2.24, 2.45) is 0 Å². The lowest BCUT2D eigenvalue weighted by Crippen LogP contribution is -2.53. The van der Waals surface area contributed by atoms with E-state index in [1.165, 1.54) is 24.1 Å². The lowest BCUT2D eigenvalue weighted by Gasteiger charge is -2.26. The highest BCUT2D eigenvalue weighted by molar-refractivity contribution is 5.92. The van der Waals surface area contributed by atoms with Gasteiger partial charge in [0.25, 0.3) is 0 Å². The maximum Gasteiger partial charge on any atom is 0.408 e. The maximum atomic E-state index is 12.9. The molecule has 1 aliphatic rings. The van der Waals surface area contributed by atoms with Crippen molar-refractivity contribution in [3.63, 3.8) is 0 Å². The minimum Gasteiger partial charge on any atom is -0.508 e. The standard InChI is InChI=1S/C22H31N3O7/c1-22(2,3)32-21(30)23-13-18(27)25-11-5-6-17(25)19(28)24-16(20(29)31-4)12-14-7-9-15(26)10-8-14/h7-10,16-17,26H,5-6,11-13H2,1-4H3,(H,23,30)(H,24,28)/t16?,17-/m0/s1. The van der Waals surface area contributed by atoms with E-state index in [-0.39, 0.29) is 18.7 Å². The molecule has 3 N–H and O–H groups in total. The molecule has 32 heavy (non-hydrogen) atoms. The lowest BCUT2D eigenvalue weighted by atomic mass is 10.0. The van der Waals surface area contributed by atoms with Crippen LogP contribution in [0.1, 0.15) is 39.2 Å². The van der Waals surface area contributed by atoms with Gasteiger partial charge in [-0.25, -0.2) is 9.59 Å². The highest BCUT2D eigenvalue weighted by Crippen LogP contribution is 2.18. The van der Waals surface area contributed by atoms with E-state index in [9.17, 15) is 24.3 Å². The molecule has 176 valence electrons. The fourth-order valence-electron chi connectivity index (χ4n) is 3.37. The average molecular weight is 450 g/mol. The molecule has 0 aliphatic carbocycles. The van der Waals surface area contributed by atoms with Gasteiger partial charge in [-0.05, 0) is 51.3 Å². The molecule has 0 saturated carbocycles. The third-order valence-electron chi connectivity index (χ3n) is 4.84. The summed E-state index contributed by atoms with van der Waals surface area (Å²) < 4.78 is 9.92. The molecule has 1 unspecified atom stereocenters. The number of likely N-dealkylation sites (tertiary alicyclic amines) is 1. The van der Waals surface area contributed by atoms with Crippen LogP contribution in [0.3, 0.4) is 0 Å². The highest BCUT2D eigenvalue weighted by Gasteiger charge is 2.36. The average Bonchev–Trinajstić information content (AvgIpc) is 3.21. The summed E-state index contributed by atoms with van der Waals surface area (Å²) in [6.07, 6.45) is 0.513. The quantitative estimate of drug-likeness (QED) is 0.531. The highest BCUT2D eigenvalue weighted by atomic mass is 16.6. The number of benzene rings is 1. The summed E-state index contributed by atoms with van der Waals surface area (Å²) >= 11 is 0. The number of rotatable bonds is 7. The Balaban J connectivity index is 1.99. The summed E-state index contributed by atoms with van der Waals surface area (Å²) in [4.78, 5) is 50.9. The second-order valence-corrected chi connectivity index (χ2v) is 8.56. The normalized spacial score (nSPS) is 16.8. The van der Waals surface area contributed by atoms with E-state index in [2.05, 4.69) is 10.6 Å². The number of aromatic hydroxyl groups is 1. The topological polar surface area (TPSA) is 134 Å². The molecule has 2 rings (SSSR count). The number of alkyl carbamates (subject to hydrolysis) is 1. The number of phenolic OH excluding ortho intramolecular Hbond substituents is 1. The summed E-state index contributed by atoms with van der Waals surface area (Å²) in [5.41, 5.74) is 0.0308. The zero-order valence-corrected chi connectivity index (χ0v) is 18.8. The Bertz CT molecular complexity index is 833. The number of nitrogens with one attached hydrogen (secondary N) is 2. The van der Waals surface area contributed by atoms with Crippen LogP contribution in [-0.2, 0) is 30.3 Å². The number of methoxy groups -OCH3 is 1. The van der Waals surface area contributed by atoms with Gasteiger partial charge in [0.2, 0.25) is 11.8 Å². The minimum absolute atomic E-state index is 0.0903. The fraction of sp³-hybridized carbons (Fsp3) is 0.545. The molecule has 1 aliphatic heterocycles. The van der Waals surface area contributed by atoms with Crippen LogP contribution in [0.25, 0.3) is 0 Å². The number of hydrogen-bond donors (Lipinski definition) is 3. The number of carbonyl (C=O) groups excluding carboxylic acids is 4. The van der Waals surface area contributed by atoms with Crippen molar-refractivity contribution in [3.8, 4) is 5.75 Å². The zero-order valence-electron chi connectivity index (χ0n) is 18.8. The molecule has 0 bridgehead atoms. The largest absolute Gasteiger partial charge is 0.508 e. The van der Waals surface area contributed by atoms with Crippen LogP contribution in [0.2, 0.25) is 0 Å². The third-order valence-corrected chi connectivity index (χ3v) is 4.84. The molecule has 0 aromatic heterocycles. The van der Waals surface area contributed by atoms with Crippen molar-refractivity contribution in [2.75, 3.05) is 20.2 Å². The second-order valence-electron chi connectivity index (χ2n) is 8.56. The van der Waals surface area contributed by atoms with Crippen LogP contribution in [0.15, 0.2) is 24.3 Å². The third kappa shape index (κ3) is 7.44. The molecule has 1 heterocycles. The van der Waals surface area contributed by atoms with Gasteiger partial charge >= 0.3 is 12.1 Å². The van der Waals surface area contributed by atoms with Crippen molar-refractivity contribution in [2.45, 2.75) is 57.7 Å². The van der Waals surface area contributed by atoms with Gasteiger partial charge < -0.3 is 30.1 Å². The second kappa shape index (κ2) is 10.8. The Hall–Kier alpha value is -3.30. The smallest absolute Gasteiger partial charge is 0.408 e. The number of phenols is 1. The molecule has 0 spiro atoms. The first-order valence-corrected chi connectivity index (χ1v) is 10.4. The van der Waals surface area contributed by atoms with Crippen molar-refractivity contribution < 1.29 is 33.8 Å². The number of carbonyl (C=O) groups is 4. The number of amides is 3. The van der Waals surface area contributed by atoms with Gasteiger partial charge in [0.1, 0.15) is 30.0 Å². The molecule has 1 saturated heterocycles. The molecule has 0 radical (unpaired) electrons. The van der Waals surface area contributed by atoms with Gasteiger partial charge in [-0.3, -0.25) is 9.59 Å². The molecule has 2 atom stereocenters. The number of esters is 1. The fourth-order valence-corrected chi connectivity index (χ4v) is 3.37. The molecular formula is C22H31N3O7. The number of hydrogen-bond acceptors (Lipinski definition) is 7. The van der Waals surface area contributed by atoms with Crippen molar-refractivity contribution in [1.82, 2.24) is 15.5 Å². The van der Waals surface area contributed by atoms with E-state index in [0.29, 0.717) is 19.4 Å². The predicted molar refractivity (Wildman–Crippen MR) is 115 cm³/mol. The van der Waals surface area contributed by atoms with Crippen molar-refractivity contribution in [3.05, 3.63) is 29.8 Å². The van der Waals surface area contributed by atoms with E-state index < -0.39 is 41.6 Å². The molecule has 1 aromatic carbocycles. The Morgan fingerprint density at radius 1 is 1.19 bits per heavy atom. The van der Waals surface area contributed by atoms with Crippen LogP contribution in [-0.4, -0.2) is 71.8 Å². The molecule has 10 nitrogen and oxygen atoms in total. The molecule has 3 amide bonds. The molecular weight excluding hydrogens is 418 g/mol. The van der Waals surface area contributed by atoms with Crippen LogP contribution < -0.4 is 10.6 Å². The van der Waals surface area contributed by atoms with E-state index >= 15 is 0 Å². The summed E-state index contributed by atoms with van der Waals surface area (Å²) in [6, 6.07) is 4.56. The molecule has 10 heteroatoms. The van der Waals surface area contributed by atoms with Gasteiger partial charge in [0.15, 0.2) is 0 Å². The Morgan fingerprint density at radius 3 is 2.44 bits per heavy atom. The van der Waals surface area contributed by atoms with Crippen LogP contribution in [0.5, 0.6) is 5.75 Å². The lowest BCUT2D eigenvalue weighted by molar-refractivity contribution is -0.146. The Morgan fingerprint density at radius 2 is 1.84 bits per heavy atom. The van der Waals surface area contributed by atoms with Crippen LogP contribution in [0.4, 0.5) is 4.79 Å². The predicted octanol–water partition coefficient (Wildman–Crippen LogP) is 1.11. The number of nitrogens with zero attached hydrogens (tertiary/aromatic N) is 1. The first-order valence-electron chi connectivity index (χ1n) is 10.4. The first kappa shape index (κ1) is 25.0. The summed E-state index contributed by atoms with van der Waals surface area (Å²) in [5, 5.41) is 14.5. The summed E-state index contributed by atoms with van der Waals surface area (Å²) in [7, 11) is 1.23. The van der Waals surface area contributed by atoms with E-state index in [1.54, 1.807) is 32.9 Å². The van der Waals surface area contributed by atoms with Crippen molar-refractivity contribution >= 4 is 23.9 Å². The van der Waals surface area contributed by atoms with Crippen LogP contribution >= 0.6 is 0 Å². The van der Waals surface area contributed by atoms with Gasteiger partial charge in [0.05, 0.1) is 7.11 Å². The van der Waals surface area contributed by atoms with Gasteiger partial charge in [-0.2, -0.15) is 0 Å². The Kier molecular flexibility index (Phi) is 8.45. The van der Waals surface area contributed by atoms with Gasteiger partial charge in [-0.15, -0.1) is 0 Å². The molecule has 1 fully saturated rings. The summed E-state index contributed by atoms with van der Waals surface area (Å²) in [5.74, 6) is -1.41. The van der Waals surface area contributed by atoms with Crippen molar-refractivity contribution in [1.29, 1.82) is 0 Å². The number of ether oxygens (including phenoxy) is 2. The van der Waals surface area contributed by atoms with E-state index in [1.807, 2.05) is 0 Å². The monoisotopic (exact) mass is 449 g/mol.